The van der Waals surface area contributed by atoms with Gasteiger partial charge in [0.05, 0.1) is 11.4 Å². The lowest BCUT2D eigenvalue weighted by Crippen LogP contribution is -2.23. The summed E-state index contributed by atoms with van der Waals surface area (Å²) in [6, 6.07) is 11.9. The van der Waals surface area contributed by atoms with Gasteiger partial charge in [0, 0.05) is 23.8 Å². The lowest BCUT2D eigenvalue weighted by molar-refractivity contribution is 0.250. The molecule has 2 aromatic rings. The van der Waals surface area contributed by atoms with Gasteiger partial charge in [-0.15, -0.1) is 0 Å². The average Bonchev–Trinajstić information content (AvgIpc) is 2.47. The van der Waals surface area contributed by atoms with Gasteiger partial charge in [-0.05, 0) is 37.7 Å². The Morgan fingerprint density at radius 3 is 2.80 bits per heavy atom. The first-order chi connectivity index (χ1) is 9.61. The normalized spacial score (nSPS) is 12.4. The molecular weight excluding hydrogens is 272 g/mol. The number of halogens is 1. The molecule has 0 fully saturated rings. The zero-order valence-corrected chi connectivity index (χ0v) is 12.4. The Balaban J connectivity index is 2.11. The van der Waals surface area contributed by atoms with Gasteiger partial charge in [-0.2, -0.15) is 0 Å². The maximum Gasteiger partial charge on any atom is 0.0565 e. The van der Waals surface area contributed by atoms with Crippen molar-refractivity contribution in [3.63, 3.8) is 0 Å². The van der Waals surface area contributed by atoms with E-state index in [1.165, 1.54) is 0 Å². The monoisotopic (exact) mass is 290 g/mol. The number of rotatable bonds is 5. The third kappa shape index (κ3) is 3.48. The van der Waals surface area contributed by atoms with Crippen molar-refractivity contribution in [1.29, 1.82) is 0 Å². The minimum atomic E-state index is 0.208. The van der Waals surface area contributed by atoms with Gasteiger partial charge in [0.2, 0.25) is 0 Å². The van der Waals surface area contributed by atoms with Crippen LogP contribution in [-0.4, -0.2) is 16.9 Å². The summed E-state index contributed by atoms with van der Waals surface area (Å²) in [6.45, 7) is 2.86. The van der Waals surface area contributed by atoms with Crippen LogP contribution in [0.3, 0.4) is 0 Å². The highest BCUT2D eigenvalue weighted by molar-refractivity contribution is 6.31. The maximum absolute atomic E-state index is 6.25. The molecule has 106 valence electrons. The Labute approximate surface area is 124 Å². The van der Waals surface area contributed by atoms with Crippen molar-refractivity contribution in [2.45, 2.75) is 19.5 Å². The van der Waals surface area contributed by atoms with Crippen LogP contribution in [0.25, 0.3) is 0 Å². The highest BCUT2D eigenvalue weighted by Crippen LogP contribution is 2.27. The van der Waals surface area contributed by atoms with Crippen LogP contribution >= 0.6 is 11.6 Å². The zero-order valence-electron chi connectivity index (χ0n) is 11.7. The van der Waals surface area contributed by atoms with Gasteiger partial charge < -0.3 is 5.43 Å². The molecule has 4 nitrogen and oxygen atoms in total. The fourth-order valence-electron chi connectivity index (χ4n) is 2.10. The van der Waals surface area contributed by atoms with E-state index in [-0.39, 0.29) is 6.04 Å². The van der Waals surface area contributed by atoms with E-state index in [1.54, 1.807) is 6.20 Å². The van der Waals surface area contributed by atoms with Crippen LogP contribution in [0.5, 0.6) is 0 Å². The molecule has 0 amide bonds. The van der Waals surface area contributed by atoms with E-state index in [4.69, 9.17) is 17.4 Å². The molecule has 0 saturated carbocycles. The number of hydrazine groups is 1. The Bertz CT molecular complexity index is 573. The third-order valence-corrected chi connectivity index (χ3v) is 3.76. The van der Waals surface area contributed by atoms with Crippen molar-refractivity contribution in [3.05, 3.63) is 58.9 Å². The van der Waals surface area contributed by atoms with Crippen LogP contribution in [0.4, 0.5) is 5.69 Å². The van der Waals surface area contributed by atoms with E-state index in [1.807, 2.05) is 30.3 Å². The number of nitrogens with zero attached hydrogens (tertiary/aromatic N) is 2. The fourth-order valence-corrected chi connectivity index (χ4v) is 2.39. The quantitative estimate of drug-likeness (QED) is 0.656. The van der Waals surface area contributed by atoms with Gasteiger partial charge >= 0.3 is 0 Å². The second-order valence-corrected chi connectivity index (χ2v) is 5.20. The summed E-state index contributed by atoms with van der Waals surface area (Å²) < 4.78 is 0. The van der Waals surface area contributed by atoms with Crippen molar-refractivity contribution in [2.24, 2.45) is 5.84 Å². The molecule has 0 radical (unpaired) electrons. The van der Waals surface area contributed by atoms with Crippen molar-refractivity contribution in [3.8, 4) is 0 Å². The molecule has 0 saturated heterocycles. The number of anilines is 1. The van der Waals surface area contributed by atoms with E-state index in [9.17, 15) is 0 Å². The molecular formula is C15H19ClN4. The first kappa shape index (κ1) is 14.8. The Morgan fingerprint density at radius 2 is 2.10 bits per heavy atom. The number of pyridine rings is 1. The predicted octanol–water partition coefficient (Wildman–Crippen LogP) is 3.21. The molecule has 20 heavy (non-hydrogen) atoms. The van der Waals surface area contributed by atoms with Crippen LogP contribution < -0.4 is 11.3 Å². The molecule has 1 heterocycles. The molecule has 1 aromatic heterocycles. The predicted molar refractivity (Wildman–Crippen MR) is 83.4 cm³/mol. The summed E-state index contributed by atoms with van der Waals surface area (Å²) >= 11 is 6.25. The van der Waals surface area contributed by atoms with Gasteiger partial charge in [0.1, 0.15) is 0 Å². The van der Waals surface area contributed by atoms with Gasteiger partial charge in [-0.3, -0.25) is 15.7 Å². The number of nitrogen functional groups attached to an aromatic ring is 1. The third-order valence-electron chi connectivity index (χ3n) is 3.41. The molecule has 5 heteroatoms. The minimum Gasteiger partial charge on any atom is -0.324 e. The lowest BCUT2D eigenvalue weighted by Gasteiger charge is -2.25. The standard InChI is InChI=1S/C15H19ClN4/c1-11(14-5-3-4-6-15(14)16)20(2)10-13-9-12(19-17)7-8-18-13/h3-9,11H,10,17H2,1-2H3,(H,18,19). The van der Waals surface area contributed by atoms with Gasteiger partial charge in [-0.25, -0.2) is 0 Å². The lowest BCUT2D eigenvalue weighted by atomic mass is 10.1. The Morgan fingerprint density at radius 1 is 1.35 bits per heavy atom. The van der Waals surface area contributed by atoms with Crippen molar-refractivity contribution in [2.75, 3.05) is 12.5 Å². The van der Waals surface area contributed by atoms with Gasteiger partial charge in [0.15, 0.2) is 0 Å². The Hall–Kier alpha value is -1.62. The van der Waals surface area contributed by atoms with Crippen LogP contribution in [0.2, 0.25) is 5.02 Å². The first-order valence-corrected chi connectivity index (χ1v) is 6.86. The first-order valence-electron chi connectivity index (χ1n) is 6.48. The van der Waals surface area contributed by atoms with Crippen LogP contribution in [0, 0.1) is 0 Å². The topological polar surface area (TPSA) is 54.2 Å². The summed E-state index contributed by atoms with van der Waals surface area (Å²) in [7, 11) is 2.05. The SMILES string of the molecule is CC(c1ccccc1Cl)N(C)Cc1cc(NN)ccn1. The average molecular weight is 291 g/mol. The largest absolute Gasteiger partial charge is 0.324 e. The van der Waals surface area contributed by atoms with Crippen LogP contribution in [-0.2, 0) is 6.54 Å². The summed E-state index contributed by atoms with van der Waals surface area (Å²) in [5, 5.41) is 0.789. The number of nitrogens with two attached hydrogens (primary N) is 1. The molecule has 0 aliphatic heterocycles. The van der Waals surface area contributed by atoms with Crippen molar-refractivity contribution < 1.29 is 0 Å². The highest BCUT2D eigenvalue weighted by Gasteiger charge is 2.15. The summed E-state index contributed by atoms with van der Waals surface area (Å²) in [4.78, 5) is 6.55. The second-order valence-electron chi connectivity index (χ2n) is 4.79. The molecule has 0 bridgehead atoms. The highest BCUT2D eigenvalue weighted by atomic mass is 35.5. The van der Waals surface area contributed by atoms with E-state index in [0.29, 0.717) is 0 Å². The number of aromatic nitrogens is 1. The van der Waals surface area contributed by atoms with E-state index in [2.05, 4.69) is 35.3 Å². The number of hydrogen-bond acceptors (Lipinski definition) is 4. The molecule has 3 N–H and O–H groups in total. The molecule has 1 atom stereocenters. The summed E-state index contributed by atoms with van der Waals surface area (Å²) in [6.07, 6.45) is 1.75. The van der Waals surface area contributed by atoms with E-state index < -0.39 is 0 Å². The molecule has 1 aromatic carbocycles. The van der Waals surface area contributed by atoms with Crippen LogP contribution in [0.15, 0.2) is 42.6 Å². The molecule has 0 spiro atoms. The fraction of sp³-hybridized carbons (Fsp3) is 0.267. The molecule has 1 unspecified atom stereocenters. The number of benzene rings is 1. The second kappa shape index (κ2) is 6.70. The van der Waals surface area contributed by atoms with Gasteiger partial charge in [0.25, 0.3) is 0 Å². The Kier molecular flexibility index (Phi) is 4.95. The molecule has 0 aliphatic carbocycles. The van der Waals surface area contributed by atoms with Crippen molar-refractivity contribution >= 4 is 17.3 Å². The smallest absolute Gasteiger partial charge is 0.0565 e. The summed E-state index contributed by atoms with van der Waals surface area (Å²) in [5.41, 5.74) is 5.56. The number of nitrogens with one attached hydrogen (secondary N) is 1. The summed E-state index contributed by atoms with van der Waals surface area (Å²) in [5.74, 6) is 5.41. The van der Waals surface area contributed by atoms with Crippen molar-refractivity contribution in [1.82, 2.24) is 9.88 Å². The van der Waals surface area contributed by atoms with Gasteiger partial charge in [-0.1, -0.05) is 29.8 Å². The van der Waals surface area contributed by atoms with E-state index in [0.717, 1.165) is 28.5 Å². The number of hydrogen-bond donors (Lipinski definition) is 2. The maximum atomic E-state index is 6.25. The minimum absolute atomic E-state index is 0.208. The van der Waals surface area contributed by atoms with E-state index >= 15 is 0 Å². The molecule has 0 aliphatic rings. The zero-order chi connectivity index (χ0) is 14.5. The molecule has 2 rings (SSSR count). The van der Waals surface area contributed by atoms with Crippen LogP contribution in [0.1, 0.15) is 24.2 Å².